The van der Waals surface area contributed by atoms with Crippen molar-refractivity contribution < 1.29 is 9.59 Å². The highest BCUT2D eigenvalue weighted by Gasteiger charge is 2.12. The standard InChI is InChI=1S/C21H17Cl2NO2S/c1-13(25)8-14-2-4-15(5-3-14)20(26)11-21-24-12-18(27-21)10-16-9-17(22)6-7-19(16)23/h2-7,9,12H,8,10-11H2,1H3. The minimum Gasteiger partial charge on any atom is -0.300 e. The number of nitrogens with zero attached hydrogens (tertiary/aromatic N) is 1. The van der Waals surface area contributed by atoms with Crippen LogP contribution in [0.5, 0.6) is 0 Å². The van der Waals surface area contributed by atoms with Crippen LogP contribution in [0.4, 0.5) is 0 Å². The monoisotopic (exact) mass is 417 g/mol. The van der Waals surface area contributed by atoms with Crippen molar-refractivity contribution in [3.05, 3.63) is 85.3 Å². The van der Waals surface area contributed by atoms with Gasteiger partial charge in [-0.2, -0.15) is 0 Å². The van der Waals surface area contributed by atoms with Gasteiger partial charge in [0.15, 0.2) is 5.78 Å². The summed E-state index contributed by atoms with van der Waals surface area (Å²) in [4.78, 5) is 29.0. The third-order valence-corrected chi connectivity index (χ3v) is 5.62. The van der Waals surface area contributed by atoms with Gasteiger partial charge in [0.2, 0.25) is 0 Å². The molecule has 0 saturated heterocycles. The molecule has 0 aliphatic heterocycles. The quantitative estimate of drug-likeness (QED) is 0.470. The lowest BCUT2D eigenvalue weighted by atomic mass is 10.0. The number of rotatable bonds is 7. The van der Waals surface area contributed by atoms with Gasteiger partial charge >= 0.3 is 0 Å². The van der Waals surface area contributed by atoms with E-state index in [-0.39, 0.29) is 18.0 Å². The molecule has 1 heterocycles. The second-order valence-corrected chi connectivity index (χ2v) is 8.35. The average Bonchev–Trinajstić information content (AvgIpc) is 3.05. The van der Waals surface area contributed by atoms with Crippen LogP contribution >= 0.6 is 34.5 Å². The summed E-state index contributed by atoms with van der Waals surface area (Å²) in [6.07, 6.45) is 3.04. The highest BCUT2D eigenvalue weighted by molar-refractivity contribution is 7.11. The third-order valence-electron chi connectivity index (χ3n) is 4.01. The highest BCUT2D eigenvalue weighted by atomic mass is 35.5. The van der Waals surface area contributed by atoms with Crippen LogP contribution in [-0.2, 0) is 24.1 Å². The van der Waals surface area contributed by atoms with Gasteiger partial charge in [0.25, 0.3) is 0 Å². The van der Waals surface area contributed by atoms with E-state index in [2.05, 4.69) is 4.98 Å². The smallest absolute Gasteiger partial charge is 0.169 e. The molecule has 27 heavy (non-hydrogen) atoms. The van der Waals surface area contributed by atoms with E-state index in [1.54, 1.807) is 37.4 Å². The number of hydrogen-bond acceptors (Lipinski definition) is 4. The molecule has 0 fully saturated rings. The number of carbonyl (C=O) groups is 2. The average molecular weight is 418 g/mol. The zero-order chi connectivity index (χ0) is 19.4. The van der Waals surface area contributed by atoms with Gasteiger partial charge in [-0.1, -0.05) is 47.5 Å². The van der Waals surface area contributed by atoms with Crippen LogP contribution in [0.25, 0.3) is 0 Å². The summed E-state index contributed by atoms with van der Waals surface area (Å²) < 4.78 is 0. The predicted octanol–water partition coefficient (Wildman–Crippen LogP) is 5.60. The van der Waals surface area contributed by atoms with Gasteiger partial charge < -0.3 is 0 Å². The van der Waals surface area contributed by atoms with Crippen LogP contribution in [-0.4, -0.2) is 16.6 Å². The Morgan fingerprint density at radius 3 is 2.48 bits per heavy atom. The molecule has 0 amide bonds. The maximum absolute atomic E-state index is 12.5. The summed E-state index contributed by atoms with van der Waals surface area (Å²) >= 11 is 13.7. The Morgan fingerprint density at radius 1 is 1.04 bits per heavy atom. The number of halogens is 2. The molecule has 0 aliphatic carbocycles. The minimum atomic E-state index is 0.00561. The zero-order valence-corrected chi connectivity index (χ0v) is 17.0. The van der Waals surface area contributed by atoms with Gasteiger partial charge in [-0.05, 0) is 36.2 Å². The van der Waals surface area contributed by atoms with Gasteiger partial charge in [-0.3, -0.25) is 9.59 Å². The fourth-order valence-electron chi connectivity index (χ4n) is 2.71. The molecule has 0 saturated carbocycles. The topological polar surface area (TPSA) is 47.0 Å². The molecule has 0 unspecified atom stereocenters. The van der Waals surface area contributed by atoms with Gasteiger partial charge in [0.1, 0.15) is 10.8 Å². The Balaban J connectivity index is 1.65. The van der Waals surface area contributed by atoms with Crippen LogP contribution in [0, 0.1) is 0 Å². The first-order valence-corrected chi connectivity index (χ1v) is 9.97. The molecule has 0 atom stereocenters. The molecule has 0 radical (unpaired) electrons. The first-order chi connectivity index (χ1) is 12.9. The van der Waals surface area contributed by atoms with Crippen molar-refractivity contribution >= 4 is 46.1 Å². The minimum absolute atomic E-state index is 0.00561. The highest BCUT2D eigenvalue weighted by Crippen LogP contribution is 2.26. The summed E-state index contributed by atoms with van der Waals surface area (Å²) in [6, 6.07) is 12.6. The van der Waals surface area contributed by atoms with Crippen LogP contribution < -0.4 is 0 Å². The van der Waals surface area contributed by atoms with Gasteiger partial charge in [0.05, 0.1) is 6.42 Å². The molecule has 2 aromatic carbocycles. The largest absolute Gasteiger partial charge is 0.300 e. The van der Waals surface area contributed by atoms with Crippen molar-refractivity contribution in [1.82, 2.24) is 4.98 Å². The van der Waals surface area contributed by atoms with Crippen LogP contribution in [0.15, 0.2) is 48.7 Å². The van der Waals surface area contributed by atoms with E-state index in [0.717, 1.165) is 21.0 Å². The van der Waals surface area contributed by atoms with Crippen molar-refractivity contribution in [2.24, 2.45) is 0 Å². The van der Waals surface area contributed by atoms with Gasteiger partial charge in [-0.15, -0.1) is 11.3 Å². The SMILES string of the molecule is CC(=O)Cc1ccc(C(=O)Cc2ncc(Cc3cc(Cl)ccc3Cl)s2)cc1. The second kappa shape index (κ2) is 8.79. The molecular formula is C21H17Cl2NO2S. The molecule has 0 spiro atoms. The van der Waals surface area contributed by atoms with E-state index in [9.17, 15) is 9.59 Å². The maximum Gasteiger partial charge on any atom is 0.169 e. The Labute approximate surface area is 172 Å². The molecule has 3 nitrogen and oxygen atoms in total. The number of Topliss-reactive ketones (excluding diaryl/α,β-unsaturated/α-hetero) is 2. The fourth-order valence-corrected chi connectivity index (χ4v) is 4.04. The summed E-state index contributed by atoms with van der Waals surface area (Å²) in [5.41, 5.74) is 2.47. The third kappa shape index (κ3) is 5.48. The summed E-state index contributed by atoms with van der Waals surface area (Å²) in [5.74, 6) is 0.107. The number of benzene rings is 2. The lowest BCUT2D eigenvalue weighted by Gasteiger charge is -2.03. The number of thiazole rings is 1. The van der Waals surface area contributed by atoms with Crippen LogP contribution in [0.2, 0.25) is 10.0 Å². The molecule has 1 aromatic heterocycles. The number of ketones is 2. The van der Waals surface area contributed by atoms with Crippen LogP contribution in [0.3, 0.4) is 0 Å². The van der Waals surface area contributed by atoms with E-state index in [1.165, 1.54) is 11.3 Å². The van der Waals surface area contributed by atoms with E-state index < -0.39 is 0 Å². The molecule has 3 aromatic rings. The Kier molecular flexibility index (Phi) is 6.42. The fraction of sp³-hybridized carbons (Fsp3) is 0.190. The Hall–Kier alpha value is -2.01. The molecule has 3 rings (SSSR count). The predicted molar refractivity (Wildman–Crippen MR) is 110 cm³/mol. The van der Waals surface area contributed by atoms with Crippen molar-refractivity contribution in [2.75, 3.05) is 0 Å². The normalized spacial score (nSPS) is 10.8. The summed E-state index contributed by atoms with van der Waals surface area (Å²) in [7, 11) is 0. The number of aromatic nitrogens is 1. The Morgan fingerprint density at radius 2 is 1.78 bits per heavy atom. The van der Waals surface area contributed by atoms with E-state index in [4.69, 9.17) is 23.2 Å². The van der Waals surface area contributed by atoms with Crippen molar-refractivity contribution in [3.8, 4) is 0 Å². The van der Waals surface area contributed by atoms with Gasteiger partial charge in [0, 0.05) is 39.5 Å². The first-order valence-electron chi connectivity index (χ1n) is 8.40. The molecular weight excluding hydrogens is 401 g/mol. The molecule has 0 N–H and O–H groups in total. The molecule has 0 bridgehead atoms. The van der Waals surface area contributed by atoms with Crippen LogP contribution in [0.1, 0.15) is 38.3 Å². The zero-order valence-electron chi connectivity index (χ0n) is 14.7. The lowest BCUT2D eigenvalue weighted by molar-refractivity contribution is -0.116. The first kappa shape index (κ1) is 19.7. The van der Waals surface area contributed by atoms with E-state index >= 15 is 0 Å². The van der Waals surface area contributed by atoms with E-state index in [1.807, 2.05) is 18.2 Å². The Bertz CT molecular complexity index is 980. The van der Waals surface area contributed by atoms with Crippen molar-refractivity contribution in [3.63, 3.8) is 0 Å². The molecule has 6 heteroatoms. The van der Waals surface area contributed by atoms with E-state index in [0.29, 0.717) is 28.5 Å². The molecule has 138 valence electrons. The van der Waals surface area contributed by atoms with Gasteiger partial charge in [-0.25, -0.2) is 4.98 Å². The second-order valence-electron chi connectivity index (χ2n) is 6.31. The lowest BCUT2D eigenvalue weighted by Crippen LogP contribution is -2.04. The summed E-state index contributed by atoms with van der Waals surface area (Å²) in [6.45, 7) is 1.55. The number of hydrogen-bond donors (Lipinski definition) is 0. The number of carbonyl (C=O) groups excluding carboxylic acids is 2. The van der Waals surface area contributed by atoms with Crippen molar-refractivity contribution in [1.29, 1.82) is 0 Å². The van der Waals surface area contributed by atoms with Crippen molar-refractivity contribution in [2.45, 2.75) is 26.2 Å². The summed E-state index contributed by atoms with van der Waals surface area (Å²) in [5, 5.41) is 2.07. The maximum atomic E-state index is 12.5. The molecule has 0 aliphatic rings.